The van der Waals surface area contributed by atoms with Gasteiger partial charge in [0.1, 0.15) is 0 Å². The molecule has 1 aliphatic rings. The Morgan fingerprint density at radius 2 is 2.08 bits per heavy atom. The van der Waals surface area contributed by atoms with Crippen LogP contribution in [0.25, 0.3) is 0 Å². The van der Waals surface area contributed by atoms with Crippen LogP contribution in [0.3, 0.4) is 0 Å². The number of guanidine groups is 1. The summed E-state index contributed by atoms with van der Waals surface area (Å²) in [6.07, 6.45) is -0.532. The molecule has 2 rings (SSSR count). The molecule has 0 saturated carbocycles. The minimum atomic E-state index is -4.09. The first-order valence-electron chi connectivity index (χ1n) is 9.30. The lowest BCUT2D eigenvalue weighted by Crippen LogP contribution is -2.40. The Bertz CT molecular complexity index is 523. The van der Waals surface area contributed by atoms with Crippen molar-refractivity contribution >= 4 is 17.3 Å². The molecular weight excluding hydrogens is 361 g/mol. The molecule has 4 nitrogen and oxygen atoms in total. The molecule has 0 spiro atoms. The van der Waals surface area contributed by atoms with Crippen LogP contribution in [0, 0.1) is 5.92 Å². The second kappa shape index (κ2) is 10.8. The van der Waals surface area contributed by atoms with Gasteiger partial charge in [0.25, 0.3) is 0 Å². The molecule has 0 aromatic carbocycles. The molecule has 2 heterocycles. The molecule has 26 heavy (non-hydrogen) atoms. The zero-order chi connectivity index (χ0) is 18.8. The van der Waals surface area contributed by atoms with Gasteiger partial charge in [-0.25, -0.2) is 0 Å². The fourth-order valence-electron chi connectivity index (χ4n) is 3.15. The van der Waals surface area contributed by atoms with Crippen LogP contribution in [0.5, 0.6) is 0 Å². The number of nitrogens with one attached hydrogen (secondary N) is 2. The normalized spacial score (nSPS) is 17.5. The number of hydrogen-bond donors (Lipinski definition) is 2. The van der Waals surface area contributed by atoms with Crippen LogP contribution in [0.1, 0.15) is 31.1 Å². The molecule has 1 aromatic rings. The van der Waals surface area contributed by atoms with Crippen LogP contribution in [0.4, 0.5) is 13.2 Å². The van der Waals surface area contributed by atoms with Crippen molar-refractivity contribution in [2.24, 2.45) is 10.9 Å². The van der Waals surface area contributed by atoms with Crippen molar-refractivity contribution in [3.8, 4) is 0 Å². The number of thiophene rings is 1. The summed E-state index contributed by atoms with van der Waals surface area (Å²) in [7, 11) is 0. The highest BCUT2D eigenvalue weighted by Crippen LogP contribution is 2.24. The van der Waals surface area contributed by atoms with Gasteiger partial charge in [0.05, 0.1) is 6.54 Å². The van der Waals surface area contributed by atoms with Crippen molar-refractivity contribution < 1.29 is 13.2 Å². The number of piperidine rings is 1. The maximum absolute atomic E-state index is 12.4. The van der Waals surface area contributed by atoms with Crippen molar-refractivity contribution in [3.63, 3.8) is 0 Å². The highest BCUT2D eigenvalue weighted by molar-refractivity contribution is 7.09. The molecule has 0 aliphatic carbocycles. The molecule has 1 aliphatic heterocycles. The van der Waals surface area contributed by atoms with Gasteiger partial charge in [-0.3, -0.25) is 9.89 Å². The largest absolute Gasteiger partial charge is 0.401 e. The Morgan fingerprint density at radius 1 is 1.31 bits per heavy atom. The van der Waals surface area contributed by atoms with Crippen LogP contribution in [0.15, 0.2) is 22.5 Å². The molecule has 0 amide bonds. The van der Waals surface area contributed by atoms with Gasteiger partial charge in [-0.15, -0.1) is 11.3 Å². The summed E-state index contributed by atoms with van der Waals surface area (Å²) in [5, 5.41) is 8.66. The van der Waals surface area contributed by atoms with E-state index in [1.54, 1.807) is 11.3 Å². The first-order valence-corrected chi connectivity index (χ1v) is 10.2. The third-order valence-corrected chi connectivity index (χ3v) is 5.44. The molecule has 1 aromatic heterocycles. The lowest BCUT2D eigenvalue weighted by molar-refractivity contribution is -0.148. The molecule has 0 atom stereocenters. The van der Waals surface area contributed by atoms with Gasteiger partial charge in [0.2, 0.25) is 0 Å². The van der Waals surface area contributed by atoms with E-state index in [-0.39, 0.29) is 0 Å². The van der Waals surface area contributed by atoms with Gasteiger partial charge in [-0.05, 0) is 63.1 Å². The van der Waals surface area contributed by atoms with Crippen LogP contribution in [-0.2, 0) is 6.42 Å². The van der Waals surface area contributed by atoms with Gasteiger partial charge in [-0.1, -0.05) is 6.07 Å². The van der Waals surface area contributed by atoms with Crippen molar-refractivity contribution in [2.45, 2.75) is 38.8 Å². The van der Waals surface area contributed by atoms with Gasteiger partial charge < -0.3 is 10.6 Å². The molecule has 1 saturated heterocycles. The number of aliphatic imine (C=N–C) groups is 1. The van der Waals surface area contributed by atoms with Crippen molar-refractivity contribution in [2.75, 3.05) is 39.3 Å². The lowest BCUT2D eigenvalue weighted by atomic mass is 9.93. The Balaban J connectivity index is 1.66. The van der Waals surface area contributed by atoms with E-state index in [2.05, 4.69) is 33.1 Å². The smallest absolute Gasteiger partial charge is 0.357 e. The minimum Gasteiger partial charge on any atom is -0.357 e. The molecule has 0 radical (unpaired) electrons. The summed E-state index contributed by atoms with van der Waals surface area (Å²) in [6.45, 7) is 4.67. The fraction of sp³-hybridized carbons (Fsp3) is 0.722. The Hall–Kier alpha value is -1.28. The van der Waals surface area contributed by atoms with Crippen molar-refractivity contribution in [1.82, 2.24) is 15.5 Å². The number of rotatable bonds is 8. The average Bonchev–Trinajstić information content (AvgIpc) is 3.08. The van der Waals surface area contributed by atoms with Gasteiger partial charge in [0.15, 0.2) is 5.96 Å². The van der Waals surface area contributed by atoms with E-state index >= 15 is 0 Å². The first kappa shape index (κ1) is 21.0. The number of nitrogens with zero attached hydrogens (tertiary/aromatic N) is 2. The van der Waals surface area contributed by atoms with Crippen LogP contribution in [-0.4, -0.2) is 56.3 Å². The number of likely N-dealkylation sites (tertiary alicyclic amines) is 1. The molecule has 0 bridgehead atoms. The van der Waals surface area contributed by atoms with Gasteiger partial charge in [0, 0.05) is 24.5 Å². The quantitative estimate of drug-likeness (QED) is 0.527. The van der Waals surface area contributed by atoms with Crippen LogP contribution >= 0.6 is 11.3 Å². The van der Waals surface area contributed by atoms with E-state index in [4.69, 9.17) is 0 Å². The first-order chi connectivity index (χ1) is 12.5. The summed E-state index contributed by atoms with van der Waals surface area (Å²) in [5.74, 6) is 1.29. The van der Waals surface area contributed by atoms with Crippen LogP contribution < -0.4 is 10.6 Å². The monoisotopic (exact) mass is 390 g/mol. The maximum Gasteiger partial charge on any atom is 0.401 e. The summed E-state index contributed by atoms with van der Waals surface area (Å²) in [5.41, 5.74) is 0. The van der Waals surface area contributed by atoms with Gasteiger partial charge >= 0.3 is 6.18 Å². The minimum absolute atomic E-state index is 0.470. The van der Waals surface area contributed by atoms with E-state index < -0.39 is 12.7 Å². The van der Waals surface area contributed by atoms with E-state index in [0.717, 1.165) is 44.7 Å². The van der Waals surface area contributed by atoms with E-state index in [0.29, 0.717) is 25.6 Å². The second-order valence-electron chi connectivity index (χ2n) is 6.64. The predicted octanol–water partition coefficient (Wildman–Crippen LogP) is 3.51. The van der Waals surface area contributed by atoms with Crippen LogP contribution in [0.2, 0.25) is 0 Å². The highest BCUT2D eigenvalue weighted by atomic mass is 32.1. The fourth-order valence-corrected chi connectivity index (χ4v) is 3.86. The average molecular weight is 391 g/mol. The summed E-state index contributed by atoms with van der Waals surface area (Å²) >= 11 is 1.75. The summed E-state index contributed by atoms with van der Waals surface area (Å²) < 4.78 is 37.3. The number of alkyl halides is 3. The molecule has 2 N–H and O–H groups in total. The molecular formula is C18H29F3N4S. The molecule has 8 heteroatoms. The third kappa shape index (κ3) is 8.40. The number of halogens is 3. The standard InChI is InChI=1S/C18H29F3N4S/c1-2-22-17(24-10-6-16-4-3-13-26-16)23-9-5-15-7-11-25(12-8-15)14-18(19,20)21/h3-4,13,15H,2,5-12,14H2,1H3,(H2,22,23,24). The van der Waals surface area contributed by atoms with Crippen molar-refractivity contribution in [1.29, 1.82) is 0 Å². The molecule has 1 fully saturated rings. The Labute approximate surface area is 157 Å². The Morgan fingerprint density at radius 3 is 2.69 bits per heavy atom. The van der Waals surface area contributed by atoms with E-state index in [1.807, 2.05) is 6.92 Å². The zero-order valence-corrected chi connectivity index (χ0v) is 16.1. The van der Waals surface area contributed by atoms with E-state index in [1.165, 1.54) is 9.78 Å². The third-order valence-electron chi connectivity index (χ3n) is 4.51. The summed E-state index contributed by atoms with van der Waals surface area (Å²) in [6, 6.07) is 4.18. The van der Waals surface area contributed by atoms with E-state index in [9.17, 15) is 13.2 Å². The second-order valence-corrected chi connectivity index (χ2v) is 7.67. The molecule has 0 unspecified atom stereocenters. The topological polar surface area (TPSA) is 39.7 Å². The number of hydrogen-bond acceptors (Lipinski definition) is 3. The zero-order valence-electron chi connectivity index (χ0n) is 15.3. The van der Waals surface area contributed by atoms with Gasteiger partial charge in [-0.2, -0.15) is 13.2 Å². The molecule has 148 valence electrons. The highest BCUT2D eigenvalue weighted by Gasteiger charge is 2.32. The predicted molar refractivity (Wildman–Crippen MR) is 102 cm³/mol. The lowest BCUT2D eigenvalue weighted by Gasteiger charge is -2.32. The Kier molecular flexibility index (Phi) is 8.71. The SMILES string of the molecule is CCNC(=NCCC1CCN(CC(F)(F)F)CC1)NCCc1cccs1. The summed E-state index contributed by atoms with van der Waals surface area (Å²) in [4.78, 5) is 7.47. The van der Waals surface area contributed by atoms with Crippen molar-refractivity contribution in [3.05, 3.63) is 22.4 Å². The maximum atomic E-state index is 12.4.